The van der Waals surface area contributed by atoms with E-state index in [0.29, 0.717) is 43.9 Å². The molecule has 2 aliphatic heterocycles. The van der Waals surface area contributed by atoms with E-state index >= 15 is 0 Å². The number of aromatic nitrogens is 3. The second kappa shape index (κ2) is 10.6. The Morgan fingerprint density at radius 1 is 1.19 bits per heavy atom. The van der Waals surface area contributed by atoms with E-state index in [1.807, 2.05) is 17.0 Å². The van der Waals surface area contributed by atoms with Crippen molar-refractivity contribution in [2.24, 2.45) is 11.8 Å². The molecular weight excluding hydrogens is 562 g/mol. The van der Waals surface area contributed by atoms with Gasteiger partial charge in [0.05, 0.1) is 24.7 Å². The summed E-state index contributed by atoms with van der Waals surface area (Å²) in [6.07, 6.45) is 9.28. The number of Topliss-reactive ketones (excluding diaryl/α,β-unsaturated/α-hetero) is 1. The van der Waals surface area contributed by atoms with Gasteiger partial charge in [0.1, 0.15) is 17.5 Å². The van der Waals surface area contributed by atoms with Crippen molar-refractivity contribution in [2.45, 2.75) is 43.8 Å². The van der Waals surface area contributed by atoms with Crippen LogP contribution in [0.2, 0.25) is 0 Å². The molecule has 0 aromatic carbocycles. The Labute approximate surface area is 246 Å². The number of imide groups is 1. The summed E-state index contributed by atoms with van der Waals surface area (Å²) in [5.74, 6) is -4.23. The number of nitrogens with zero attached hydrogens (tertiary/aromatic N) is 5. The molecule has 3 N–H and O–H groups in total. The van der Waals surface area contributed by atoms with Crippen molar-refractivity contribution in [2.75, 3.05) is 36.9 Å². The summed E-state index contributed by atoms with van der Waals surface area (Å²) in [6.45, 7) is 1.87. The lowest BCUT2D eigenvalue weighted by Gasteiger charge is -2.27. The molecule has 3 fully saturated rings. The third-order valence-electron chi connectivity index (χ3n) is 8.69. The number of carbonyl (C=O) groups is 4. The summed E-state index contributed by atoms with van der Waals surface area (Å²) >= 11 is 0. The number of halogens is 2. The Morgan fingerprint density at radius 3 is 2.53 bits per heavy atom. The number of piperidine rings is 1. The summed E-state index contributed by atoms with van der Waals surface area (Å²) < 4.78 is 28.6. The van der Waals surface area contributed by atoms with Crippen LogP contribution in [-0.4, -0.2) is 82.2 Å². The fourth-order valence-corrected chi connectivity index (χ4v) is 5.84. The Balaban J connectivity index is 1.13. The molecule has 43 heavy (non-hydrogen) atoms. The number of nitrogens with one attached hydrogen (secondary N) is 3. The number of hydrogen-bond donors (Lipinski definition) is 3. The van der Waals surface area contributed by atoms with Gasteiger partial charge in [-0.15, -0.1) is 0 Å². The van der Waals surface area contributed by atoms with Crippen LogP contribution in [-0.2, 0) is 19.9 Å². The predicted molar refractivity (Wildman–Crippen MR) is 152 cm³/mol. The third-order valence-corrected chi connectivity index (χ3v) is 8.69. The van der Waals surface area contributed by atoms with Crippen LogP contribution in [0.3, 0.4) is 0 Å². The highest BCUT2D eigenvalue weighted by Crippen LogP contribution is 2.59. The Kier molecular flexibility index (Phi) is 7.01. The standard InChI is InChI=1S/C29H32F2N8O4/c1-3-18(41)12-38(16-40)26(42)24-25(32-2)34-15-39(24)28(9-10-28)27(43)36-22-6-4-5-21(35-22)17-7-8-23(33-11-17)37-13-19-20(14-37)29(19,30)31/h4-8,11,15-16,19-20,22,32,35H,3,9-10,12-14H2,1-2H3,(H,36,43). The number of anilines is 2. The van der Waals surface area contributed by atoms with Crippen molar-refractivity contribution in [3.05, 3.63) is 54.1 Å². The van der Waals surface area contributed by atoms with E-state index in [4.69, 9.17) is 0 Å². The summed E-state index contributed by atoms with van der Waals surface area (Å²) in [7, 11) is 1.57. The number of pyridine rings is 1. The van der Waals surface area contributed by atoms with Crippen LogP contribution in [0.1, 0.15) is 42.2 Å². The van der Waals surface area contributed by atoms with Gasteiger partial charge in [-0.3, -0.25) is 24.1 Å². The molecular formula is C29H32F2N8O4. The highest BCUT2D eigenvalue weighted by molar-refractivity contribution is 6.05. The second-order valence-electron chi connectivity index (χ2n) is 11.3. The number of amides is 3. The topological polar surface area (TPSA) is 142 Å². The summed E-state index contributed by atoms with van der Waals surface area (Å²) in [6, 6.07) is 3.66. The number of fused-ring (bicyclic) bond motifs is 1. The first kappa shape index (κ1) is 28.5. The number of alkyl halides is 2. The average Bonchev–Trinajstić information content (AvgIpc) is 3.72. The Hall–Kier alpha value is -4.62. The smallest absolute Gasteiger partial charge is 0.281 e. The van der Waals surface area contributed by atoms with E-state index in [1.54, 1.807) is 38.4 Å². The number of hydrogen-bond acceptors (Lipinski definition) is 9. The van der Waals surface area contributed by atoms with Crippen molar-refractivity contribution < 1.29 is 28.0 Å². The first-order valence-electron chi connectivity index (χ1n) is 14.2. The molecule has 226 valence electrons. The number of carbonyl (C=O) groups excluding carboxylic acids is 4. The van der Waals surface area contributed by atoms with Gasteiger partial charge >= 0.3 is 0 Å². The molecule has 6 rings (SSSR count). The molecule has 4 heterocycles. The number of ketones is 1. The molecule has 1 saturated heterocycles. The van der Waals surface area contributed by atoms with E-state index in [0.717, 1.165) is 10.5 Å². The number of dihydropyridines is 1. The number of imidazole rings is 1. The fraction of sp³-hybridized carbons (Fsp3) is 0.448. The van der Waals surface area contributed by atoms with Gasteiger partial charge in [0, 0.05) is 44.0 Å². The van der Waals surface area contributed by atoms with Crippen molar-refractivity contribution in [1.29, 1.82) is 0 Å². The maximum atomic E-state index is 13.6. The van der Waals surface area contributed by atoms with Gasteiger partial charge in [0.25, 0.3) is 11.8 Å². The van der Waals surface area contributed by atoms with Crippen LogP contribution >= 0.6 is 0 Å². The molecule has 0 spiro atoms. The molecule has 3 amide bonds. The van der Waals surface area contributed by atoms with E-state index < -0.39 is 35.4 Å². The average molecular weight is 595 g/mol. The monoisotopic (exact) mass is 594 g/mol. The van der Waals surface area contributed by atoms with Crippen molar-refractivity contribution >= 4 is 41.3 Å². The number of rotatable bonds is 11. The van der Waals surface area contributed by atoms with Crippen LogP contribution in [0.25, 0.3) is 5.70 Å². The predicted octanol–water partition coefficient (Wildman–Crippen LogP) is 1.73. The van der Waals surface area contributed by atoms with Gasteiger partial charge < -0.3 is 25.4 Å². The first-order chi connectivity index (χ1) is 20.6. The first-order valence-corrected chi connectivity index (χ1v) is 14.2. The molecule has 3 atom stereocenters. The third kappa shape index (κ3) is 4.93. The lowest BCUT2D eigenvalue weighted by Crippen LogP contribution is -2.50. The van der Waals surface area contributed by atoms with E-state index in [-0.39, 0.29) is 36.2 Å². The molecule has 12 nitrogen and oxygen atoms in total. The zero-order valence-electron chi connectivity index (χ0n) is 23.7. The fourth-order valence-electron chi connectivity index (χ4n) is 5.84. The van der Waals surface area contributed by atoms with Crippen molar-refractivity contribution in [3.8, 4) is 0 Å². The summed E-state index contributed by atoms with van der Waals surface area (Å²) in [5.41, 5.74) is 0.402. The van der Waals surface area contributed by atoms with E-state index in [2.05, 4.69) is 25.9 Å². The zero-order chi connectivity index (χ0) is 30.5. The van der Waals surface area contributed by atoms with Crippen LogP contribution in [0.15, 0.2) is 42.9 Å². The minimum Gasteiger partial charge on any atom is -0.371 e. The maximum absolute atomic E-state index is 13.6. The zero-order valence-corrected chi connectivity index (χ0v) is 23.7. The molecule has 0 bridgehead atoms. The van der Waals surface area contributed by atoms with Crippen LogP contribution in [0.5, 0.6) is 0 Å². The molecule has 2 saturated carbocycles. The maximum Gasteiger partial charge on any atom is 0.281 e. The van der Waals surface area contributed by atoms with Gasteiger partial charge in [-0.1, -0.05) is 13.0 Å². The number of allylic oxidation sites excluding steroid dienone is 2. The van der Waals surface area contributed by atoms with Crippen LogP contribution in [0.4, 0.5) is 20.4 Å². The van der Waals surface area contributed by atoms with Gasteiger partial charge in [0.15, 0.2) is 17.3 Å². The summed E-state index contributed by atoms with van der Waals surface area (Å²) in [4.78, 5) is 62.1. The molecule has 4 aliphatic rings. The quantitative estimate of drug-likeness (QED) is 0.332. The lowest BCUT2D eigenvalue weighted by molar-refractivity contribution is -0.126. The molecule has 14 heteroatoms. The SMILES string of the molecule is CCC(=O)CN(C=O)C(=O)c1c(NC)ncn1C1(C(=O)NC2C=CC=C(c3ccc(N4CC5C(C4)C5(F)F)nc3)N2)CC1. The molecule has 2 aromatic heterocycles. The van der Waals surface area contributed by atoms with Crippen LogP contribution < -0.4 is 20.9 Å². The van der Waals surface area contributed by atoms with Gasteiger partial charge in [-0.2, -0.15) is 0 Å². The minimum atomic E-state index is -2.55. The van der Waals surface area contributed by atoms with E-state index in [9.17, 15) is 28.0 Å². The van der Waals surface area contributed by atoms with Gasteiger partial charge in [-0.05, 0) is 37.1 Å². The van der Waals surface area contributed by atoms with Crippen LogP contribution in [0, 0.1) is 11.8 Å². The Bertz CT molecular complexity index is 1520. The van der Waals surface area contributed by atoms with Gasteiger partial charge in [-0.25, -0.2) is 18.7 Å². The normalized spacial score (nSPS) is 23.9. The van der Waals surface area contributed by atoms with Crippen molar-refractivity contribution in [1.82, 2.24) is 30.1 Å². The molecule has 0 radical (unpaired) electrons. The lowest BCUT2D eigenvalue weighted by atomic mass is 10.1. The molecule has 2 aliphatic carbocycles. The van der Waals surface area contributed by atoms with E-state index in [1.165, 1.54) is 10.9 Å². The Morgan fingerprint density at radius 2 is 1.93 bits per heavy atom. The summed E-state index contributed by atoms with van der Waals surface area (Å²) in [5, 5.41) is 9.08. The molecule has 2 aromatic rings. The van der Waals surface area contributed by atoms with Gasteiger partial charge in [0.2, 0.25) is 12.3 Å². The highest BCUT2D eigenvalue weighted by Gasteiger charge is 2.71. The largest absolute Gasteiger partial charge is 0.371 e. The highest BCUT2D eigenvalue weighted by atomic mass is 19.3. The van der Waals surface area contributed by atoms with Crippen molar-refractivity contribution in [3.63, 3.8) is 0 Å². The molecule has 3 unspecified atom stereocenters. The minimum absolute atomic E-state index is 0.0177. The second-order valence-corrected chi connectivity index (χ2v) is 11.3.